The lowest BCUT2D eigenvalue weighted by molar-refractivity contribution is 0.407. The van der Waals surface area contributed by atoms with Crippen LogP contribution in [-0.2, 0) is 13.5 Å². The number of phenolic OH excluding ortho intramolecular Hbond substituents is 1. The van der Waals surface area contributed by atoms with Gasteiger partial charge >= 0.3 is 0 Å². The summed E-state index contributed by atoms with van der Waals surface area (Å²) in [6.45, 7) is 10.0. The van der Waals surface area contributed by atoms with Crippen molar-refractivity contribution in [2.24, 2.45) is 7.05 Å². The number of aromatic nitrogens is 9. The Kier molecular flexibility index (Phi) is 8.88. The fraction of sp³-hybridized carbons (Fsp3) is 0.326. The maximum Gasteiger partial charge on any atom is 0.161 e. The van der Waals surface area contributed by atoms with Crippen molar-refractivity contribution in [2.75, 3.05) is 43.0 Å². The average molecular weight is 794 g/mol. The first-order chi connectivity index (χ1) is 28.1. The first-order valence-electron chi connectivity index (χ1n) is 19.8. The van der Waals surface area contributed by atoms with Crippen molar-refractivity contribution in [1.29, 1.82) is 0 Å². The number of aryl methyl sites for hydroxylation is 2. The smallest absolute Gasteiger partial charge is 0.161 e. The maximum atomic E-state index is 12.2. The van der Waals surface area contributed by atoms with Gasteiger partial charge in [-0.1, -0.05) is 11.6 Å². The SMILES string of the molecule is CNC1CCN(c2cnc3nc(-c4cc(Cc5c(O)c(-c6ccc7cc(N8C[C@@H](C)N[C@@H](C)C8)cnc7n6)cc6cn(C)nc56)c5nc(C)cn5n4)cc(Cl)c3c2)C1. The number of hydrogen-bond acceptors (Lipinski definition) is 12. The highest BCUT2D eigenvalue weighted by Crippen LogP contribution is 2.40. The van der Waals surface area contributed by atoms with Crippen LogP contribution in [0, 0.1) is 6.92 Å². The van der Waals surface area contributed by atoms with E-state index in [-0.39, 0.29) is 5.75 Å². The maximum absolute atomic E-state index is 12.2. The van der Waals surface area contributed by atoms with Crippen LogP contribution >= 0.6 is 11.6 Å². The third-order valence-corrected chi connectivity index (χ3v) is 11.8. The number of fused-ring (bicyclic) bond motifs is 4. The summed E-state index contributed by atoms with van der Waals surface area (Å²) < 4.78 is 3.53. The molecule has 7 aromatic heterocycles. The molecule has 1 unspecified atom stereocenters. The number of halogens is 1. The summed E-state index contributed by atoms with van der Waals surface area (Å²) in [5, 5.41) is 32.0. The van der Waals surface area contributed by atoms with Crippen molar-refractivity contribution in [2.45, 2.75) is 51.7 Å². The molecule has 1 aromatic carbocycles. The largest absolute Gasteiger partial charge is 0.507 e. The van der Waals surface area contributed by atoms with Gasteiger partial charge in [-0.2, -0.15) is 10.2 Å². The molecule has 0 radical (unpaired) electrons. The minimum Gasteiger partial charge on any atom is -0.507 e. The highest BCUT2D eigenvalue weighted by atomic mass is 35.5. The zero-order chi connectivity index (χ0) is 39.8. The molecule has 14 nitrogen and oxygen atoms in total. The summed E-state index contributed by atoms with van der Waals surface area (Å²) in [5.41, 5.74) is 9.34. The van der Waals surface area contributed by atoms with E-state index in [4.69, 9.17) is 46.7 Å². The number of nitrogens with one attached hydrogen (secondary N) is 2. The number of nitrogens with zero attached hydrogens (tertiary/aromatic N) is 11. The van der Waals surface area contributed by atoms with Crippen LogP contribution in [0.1, 0.15) is 37.1 Å². The Morgan fingerprint density at radius 2 is 1.62 bits per heavy atom. The van der Waals surface area contributed by atoms with Gasteiger partial charge in [0.1, 0.15) is 11.4 Å². The molecule has 294 valence electrons. The van der Waals surface area contributed by atoms with E-state index in [1.165, 1.54) is 0 Å². The number of rotatable bonds is 7. The number of phenols is 1. The third kappa shape index (κ3) is 6.50. The van der Waals surface area contributed by atoms with Crippen LogP contribution in [0.5, 0.6) is 5.75 Å². The Bertz CT molecular complexity index is 2900. The molecule has 2 aliphatic heterocycles. The summed E-state index contributed by atoms with van der Waals surface area (Å²) in [7, 11) is 3.88. The Labute approximate surface area is 339 Å². The van der Waals surface area contributed by atoms with Gasteiger partial charge in [0.25, 0.3) is 0 Å². The van der Waals surface area contributed by atoms with E-state index in [1.807, 2.05) is 76.1 Å². The number of aromatic hydroxyl groups is 1. The molecule has 0 saturated carbocycles. The van der Waals surface area contributed by atoms with Gasteiger partial charge in [-0.3, -0.25) is 4.68 Å². The number of imidazole rings is 1. The molecule has 8 aromatic rings. The molecule has 3 N–H and O–H groups in total. The van der Waals surface area contributed by atoms with Gasteiger partial charge in [0.05, 0.1) is 57.6 Å². The van der Waals surface area contributed by atoms with Crippen LogP contribution in [0.4, 0.5) is 11.4 Å². The zero-order valence-corrected chi connectivity index (χ0v) is 33.8. The molecule has 3 atom stereocenters. The first-order valence-corrected chi connectivity index (χ1v) is 20.2. The molecule has 9 heterocycles. The minimum absolute atomic E-state index is 0.101. The van der Waals surface area contributed by atoms with Crippen molar-refractivity contribution in [3.8, 4) is 28.4 Å². The van der Waals surface area contributed by atoms with Gasteiger partial charge in [0, 0.05) is 96.8 Å². The topological polar surface area (TPSA) is 150 Å². The van der Waals surface area contributed by atoms with Gasteiger partial charge in [0.2, 0.25) is 0 Å². The zero-order valence-electron chi connectivity index (χ0n) is 33.1. The second kappa shape index (κ2) is 14.1. The van der Waals surface area contributed by atoms with Crippen molar-refractivity contribution >= 4 is 61.6 Å². The number of pyridine rings is 4. The van der Waals surface area contributed by atoms with E-state index in [0.717, 1.165) is 71.4 Å². The molecule has 2 aliphatic rings. The van der Waals surface area contributed by atoms with E-state index in [9.17, 15) is 5.11 Å². The lowest BCUT2D eigenvalue weighted by atomic mass is 9.96. The summed E-state index contributed by atoms with van der Waals surface area (Å²) in [4.78, 5) is 29.0. The summed E-state index contributed by atoms with van der Waals surface area (Å²) >= 11 is 6.98. The Morgan fingerprint density at radius 1 is 0.845 bits per heavy atom. The van der Waals surface area contributed by atoms with Crippen molar-refractivity contribution in [3.63, 3.8) is 0 Å². The van der Waals surface area contributed by atoms with Crippen LogP contribution < -0.4 is 20.4 Å². The van der Waals surface area contributed by atoms with Crippen LogP contribution in [0.3, 0.4) is 0 Å². The molecule has 0 bridgehead atoms. The summed E-state index contributed by atoms with van der Waals surface area (Å²) in [6.07, 6.45) is 9.00. The highest BCUT2D eigenvalue weighted by Gasteiger charge is 2.25. The fourth-order valence-electron chi connectivity index (χ4n) is 8.76. The number of hydrogen-bond donors (Lipinski definition) is 3. The molecule has 2 fully saturated rings. The van der Waals surface area contributed by atoms with Crippen LogP contribution in [0.2, 0.25) is 5.02 Å². The quantitative estimate of drug-likeness (QED) is 0.172. The van der Waals surface area contributed by atoms with Gasteiger partial charge in [-0.05, 0) is 76.7 Å². The number of anilines is 2. The van der Waals surface area contributed by atoms with Crippen LogP contribution in [-0.4, -0.2) is 101 Å². The highest BCUT2D eigenvalue weighted by molar-refractivity contribution is 6.35. The predicted molar refractivity (Wildman–Crippen MR) is 229 cm³/mol. The molecule has 58 heavy (non-hydrogen) atoms. The Hall–Kier alpha value is -5.96. The normalized spacial score (nSPS) is 18.8. The average Bonchev–Trinajstić information content (AvgIpc) is 3.95. The molecule has 10 rings (SSSR count). The second-order valence-corrected chi connectivity index (χ2v) is 16.4. The number of piperazine rings is 1. The Morgan fingerprint density at radius 3 is 2.41 bits per heavy atom. The van der Waals surface area contributed by atoms with E-state index < -0.39 is 0 Å². The first kappa shape index (κ1) is 36.4. The van der Waals surface area contributed by atoms with E-state index in [2.05, 4.69) is 46.4 Å². The van der Waals surface area contributed by atoms with Crippen molar-refractivity contribution < 1.29 is 5.11 Å². The predicted octanol–water partition coefficient (Wildman–Crippen LogP) is 6.08. The van der Waals surface area contributed by atoms with Gasteiger partial charge in [-0.25, -0.2) is 29.4 Å². The third-order valence-electron chi connectivity index (χ3n) is 11.5. The molecule has 15 heteroatoms. The minimum atomic E-state index is 0.101. The van der Waals surface area contributed by atoms with Gasteiger partial charge in [0.15, 0.2) is 16.9 Å². The molecule has 2 saturated heterocycles. The lowest BCUT2D eigenvalue weighted by Crippen LogP contribution is -2.54. The number of likely N-dealkylation sites (N-methyl/N-ethyl adjacent to an activating group) is 1. The second-order valence-electron chi connectivity index (χ2n) is 16.0. The summed E-state index contributed by atoms with van der Waals surface area (Å²) in [6, 6.07) is 15.2. The monoisotopic (exact) mass is 793 g/mol. The van der Waals surface area contributed by atoms with E-state index in [0.29, 0.717) is 80.2 Å². The van der Waals surface area contributed by atoms with Gasteiger partial charge < -0.3 is 25.5 Å². The van der Waals surface area contributed by atoms with E-state index >= 15 is 0 Å². The molecular formula is C43H44ClN13O. The fourth-order valence-corrected chi connectivity index (χ4v) is 9.00. The van der Waals surface area contributed by atoms with Gasteiger partial charge in [-0.15, -0.1) is 0 Å². The van der Waals surface area contributed by atoms with Crippen LogP contribution in [0.25, 0.3) is 61.3 Å². The Balaban J connectivity index is 1.03. The van der Waals surface area contributed by atoms with Crippen molar-refractivity contribution in [1.82, 2.24) is 54.9 Å². The standard InChI is InChI=1S/C43H44ClN13O/c1-23-18-56(19-24(2)48-23)30-10-26-6-7-36(50-41(26)46-16-30)33-12-28-21-54(5)53-39(28)34(40(33)58)11-27-13-38(52-57-20-25(3)49-43(27)57)37-15-35(44)32-14-31(17-47-42(32)51-37)55-9-8-29(22-55)45-4/h6-7,10,12-17,20-21,23-24,29,45,48,58H,8-9,11,18-19,22H2,1-5H3/t23-,24+,29?. The molecular weight excluding hydrogens is 750 g/mol. The molecule has 0 aliphatic carbocycles. The van der Waals surface area contributed by atoms with Crippen molar-refractivity contribution in [3.05, 3.63) is 89.1 Å². The van der Waals surface area contributed by atoms with Crippen LogP contribution in [0.15, 0.2) is 67.3 Å². The molecule has 0 amide bonds. The van der Waals surface area contributed by atoms with E-state index in [1.54, 1.807) is 9.20 Å². The summed E-state index contributed by atoms with van der Waals surface area (Å²) in [5.74, 6) is 0.101. The lowest BCUT2D eigenvalue weighted by Gasteiger charge is -2.37. The molecule has 0 spiro atoms. The number of benzene rings is 1.